The van der Waals surface area contributed by atoms with Crippen molar-refractivity contribution in [3.05, 3.63) is 33.8 Å². The molecule has 0 aliphatic carbocycles. The van der Waals surface area contributed by atoms with E-state index in [0.29, 0.717) is 0 Å². The van der Waals surface area contributed by atoms with E-state index >= 15 is 0 Å². The second kappa shape index (κ2) is 7.42. The minimum Gasteiger partial charge on any atom is -0.481 e. The van der Waals surface area contributed by atoms with E-state index in [1.54, 1.807) is 20.8 Å². The van der Waals surface area contributed by atoms with Gasteiger partial charge in [0.1, 0.15) is 5.60 Å². The first kappa shape index (κ1) is 20.3. The molecule has 1 amide bonds. The SMILES string of the molecule is CC(C)(C)OC(=O)N[C@H](CC(=O)O)c1cc(C(F)(F)F)ccc1Br. The first-order chi connectivity index (χ1) is 10.8. The molecule has 0 saturated heterocycles. The smallest absolute Gasteiger partial charge is 0.416 e. The fraction of sp³-hybridized carbons (Fsp3) is 0.467. The number of amides is 1. The van der Waals surface area contributed by atoms with Gasteiger partial charge in [0, 0.05) is 4.47 Å². The number of hydrogen-bond acceptors (Lipinski definition) is 3. The van der Waals surface area contributed by atoms with Crippen LogP contribution in [0.1, 0.15) is 44.4 Å². The van der Waals surface area contributed by atoms with Gasteiger partial charge in [-0.05, 0) is 44.5 Å². The van der Waals surface area contributed by atoms with Crippen molar-refractivity contribution in [2.24, 2.45) is 0 Å². The lowest BCUT2D eigenvalue weighted by Crippen LogP contribution is -2.36. The van der Waals surface area contributed by atoms with Crippen LogP contribution in [0.15, 0.2) is 22.7 Å². The maximum absolute atomic E-state index is 12.9. The highest BCUT2D eigenvalue weighted by atomic mass is 79.9. The molecule has 24 heavy (non-hydrogen) atoms. The number of carboxylic acid groups (broad SMARTS) is 1. The summed E-state index contributed by atoms with van der Waals surface area (Å²) in [6.07, 6.45) is -6.10. The minimum atomic E-state index is -4.59. The van der Waals surface area contributed by atoms with Gasteiger partial charge >= 0.3 is 18.2 Å². The van der Waals surface area contributed by atoms with E-state index in [4.69, 9.17) is 9.84 Å². The molecule has 0 aromatic heterocycles. The van der Waals surface area contributed by atoms with E-state index in [9.17, 15) is 22.8 Å². The van der Waals surface area contributed by atoms with Crippen molar-refractivity contribution in [3.8, 4) is 0 Å². The second-order valence-electron chi connectivity index (χ2n) is 6.03. The molecule has 9 heteroatoms. The van der Waals surface area contributed by atoms with Crippen LogP contribution in [0.5, 0.6) is 0 Å². The monoisotopic (exact) mass is 411 g/mol. The summed E-state index contributed by atoms with van der Waals surface area (Å²) in [5.41, 5.74) is -1.77. The molecular formula is C15H17BrF3NO4. The van der Waals surface area contributed by atoms with Gasteiger partial charge in [-0.3, -0.25) is 4.79 Å². The number of nitrogens with one attached hydrogen (secondary N) is 1. The molecule has 0 aliphatic rings. The van der Waals surface area contributed by atoms with E-state index in [-0.39, 0.29) is 10.0 Å². The van der Waals surface area contributed by atoms with Crippen molar-refractivity contribution in [3.63, 3.8) is 0 Å². The largest absolute Gasteiger partial charge is 0.481 e. The Morgan fingerprint density at radius 2 is 1.88 bits per heavy atom. The third-order valence-electron chi connectivity index (χ3n) is 2.77. The van der Waals surface area contributed by atoms with E-state index in [1.165, 1.54) is 0 Å². The number of ether oxygens (including phenoxy) is 1. The van der Waals surface area contributed by atoms with Crippen LogP contribution in [0.2, 0.25) is 0 Å². The zero-order chi connectivity index (χ0) is 18.7. The molecule has 0 unspecified atom stereocenters. The molecule has 1 aromatic rings. The predicted molar refractivity (Wildman–Crippen MR) is 83.5 cm³/mol. The number of carbonyl (C=O) groups is 2. The van der Waals surface area contributed by atoms with Crippen LogP contribution < -0.4 is 5.32 Å². The van der Waals surface area contributed by atoms with Gasteiger partial charge in [0.05, 0.1) is 18.0 Å². The molecule has 0 fully saturated rings. The number of carboxylic acids is 1. The van der Waals surface area contributed by atoms with Crippen LogP contribution in [0.3, 0.4) is 0 Å². The Hall–Kier alpha value is -1.77. The third-order valence-corrected chi connectivity index (χ3v) is 3.49. The summed E-state index contributed by atoms with van der Waals surface area (Å²) in [7, 11) is 0. The van der Waals surface area contributed by atoms with Crippen molar-refractivity contribution >= 4 is 28.0 Å². The lowest BCUT2D eigenvalue weighted by atomic mass is 10.0. The minimum absolute atomic E-state index is 0.00177. The molecule has 0 bridgehead atoms. The van der Waals surface area contributed by atoms with Crippen LogP contribution in [0.4, 0.5) is 18.0 Å². The number of hydrogen-bond donors (Lipinski definition) is 2. The molecule has 1 atom stereocenters. The number of rotatable bonds is 4. The normalized spacial score (nSPS) is 13.3. The van der Waals surface area contributed by atoms with Gasteiger partial charge in [-0.15, -0.1) is 0 Å². The highest BCUT2D eigenvalue weighted by molar-refractivity contribution is 9.10. The number of aliphatic carboxylic acids is 1. The summed E-state index contributed by atoms with van der Waals surface area (Å²) in [6, 6.07) is 1.63. The molecule has 1 aromatic carbocycles. The van der Waals surface area contributed by atoms with Crippen molar-refractivity contribution in [2.45, 2.75) is 45.0 Å². The highest BCUT2D eigenvalue weighted by Crippen LogP contribution is 2.34. The molecular weight excluding hydrogens is 395 g/mol. The van der Waals surface area contributed by atoms with Gasteiger partial charge < -0.3 is 15.2 Å². The average Bonchev–Trinajstić information content (AvgIpc) is 2.34. The number of halogens is 4. The van der Waals surface area contributed by atoms with Crippen molar-refractivity contribution in [1.29, 1.82) is 0 Å². The fourth-order valence-electron chi connectivity index (χ4n) is 1.85. The van der Waals surface area contributed by atoms with E-state index < -0.39 is 41.9 Å². The maximum atomic E-state index is 12.9. The van der Waals surface area contributed by atoms with Gasteiger partial charge in [-0.25, -0.2) is 4.79 Å². The highest BCUT2D eigenvalue weighted by Gasteiger charge is 2.32. The number of benzene rings is 1. The van der Waals surface area contributed by atoms with E-state index in [1.807, 2.05) is 0 Å². The number of alkyl halides is 3. The topological polar surface area (TPSA) is 75.6 Å². The molecule has 0 heterocycles. The molecule has 0 spiro atoms. The third kappa shape index (κ3) is 6.38. The van der Waals surface area contributed by atoms with Crippen LogP contribution >= 0.6 is 15.9 Å². The van der Waals surface area contributed by atoms with E-state index in [2.05, 4.69) is 21.2 Å². The van der Waals surface area contributed by atoms with Crippen LogP contribution in [-0.2, 0) is 15.7 Å². The Kier molecular flexibility index (Phi) is 6.26. The second-order valence-corrected chi connectivity index (χ2v) is 6.89. The van der Waals surface area contributed by atoms with Crippen LogP contribution in [0, 0.1) is 0 Å². The van der Waals surface area contributed by atoms with Gasteiger partial charge in [-0.1, -0.05) is 15.9 Å². The average molecular weight is 412 g/mol. The molecule has 1 rings (SSSR count). The summed E-state index contributed by atoms with van der Waals surface area (Å²) < 4.78 is 43.9. The predicted octanol–water partition coefficient (Wildman–Crippen LogP) is 4.51. The van der Waals surface area contributed by atoms with E-state index in [0.717, 1.165) is 18.2 Å². The van der Waals surface area contributed by atoms with Gasteiger partial charge in [0.15, 0.2) is 0 Å². The Balaban J connectivity index is 3.16. The van der Waals surface area contributed by atoms with Gasteiger partial charge in [0.2, 0.25) is 0 Å². The van der Waals surface area contributed by atoms with Crippen molar-refractivity contribution in [2.75, 3.05) is 0 Å². The molecule has 0 saturated carbocycles. The Labute approximate surface area is 145 Å². The van der Waals surface area contributed by atoms with Crippen molar-refractivity contribution in [1.82, 2.24) is 5.32 Å². The fourth-order valence-corrected chi connectivity index (χ4v) is 2.37. The zero-order valence-electron chi connectivity index (χ0n) is 13.2. The van der Waals surface area contributed by atoms with Crippen molar-refractivity contribution < 1.29 is 32.6 Å². The van der Waals surface area contributed by atoms with Gasteiger partial charge in [-0.2, -0.15) is 13.2 Å². The molecule has 5 nitrogen and oxygen atoms in total. The Morgan fingerprint density at radius 1 is 1.29 bits per heavy atom. The summed E-state index contributed by atoms with van der Waals surface area (Å²) in [6.45, 7) is 4.83. The van der Waals surface area contributed by atoms with Gasteiger partial charge in [0.25, 0.3) is 0 Å². The quantitative estimate of drug-likeness (QED) is 0.763. The maximum Gasteiger partial charge on any atom is 0.416 e. The first-order valence-corrected chi connectivity index (χ1v) is 7.67. The standard InChI is InChI=1S/C15H17BrF3NO4/c1-14(2,3)24-13(23)20-11(7-12(21)22)9-6-8(15(17,18)19)4-5-10(9)16/h4-6,11H,7H2,1-3H3,(H,20,23)(H,21,22)/t11-/m1/s1. The summed E-state index contributed by atoms with van der Waals surface area (Å²) in [5, 5.41) is 11.3. The Bertz CT molecular complexity index is 626. The first-order valence-electron chi connectivity index (χ1n) is 6.87. The van der Waals surface area contributed by atoms with Crippen LogP contribution in [-0.4, -0.2) is 22.8 Å². The molecule has 2 N–H and O–H groups in total. The van der Waals surface area contributed by atoms with Crippen LogP contribution in [0.25, 0.3) is 0 Å². The summed E-state index contributed by atoms with van der Waals surface area (Å²) in [4.78, 5) is 22.9. The molecule has 134 valence electrons. The zero-order valence-corrected chi connectivity index (χ0v) is 14.8. The Morgan fingerprint density at radius 3 is 2.33 bits per heavy atom. The lowest BCUT2D eigenvalue weighted by molar-refractivity contribution is -0.138. The molecule has 0 aliphatic heterocycles. The summed E-state index contributed by atoms with van der Waals surface area (Å²) >= 11 is 3.09. The number of carbonyl (C=O) groups excluding carboxylic acids is 1. The molecule has 0 radical (unpaired) electrons. The number of alkyl carbamates (subject to hydrolysis) is 1. The lowest BCUT2D eigenvalue weighted by Gasteiger charge is -2.24. The summed E-state index contributed by atoms with van der Waals surface area (Å²) in [5.74, 6) is -1.28.